The van der Waals surface area contributed by atoms with Crippen LogP contribution in [0, 0.1) is 15.9 Å². The second-order valence-corrected chi connectivity index (χ2v) is 3.61. The molecule has 94 valence electrons. The predicted molar refractivity (Wildman–Crippen MR) is 61.8 cm³/mol. The molecule has 2 N–H and O–H groups in total. The van der Waals surface area contributed by atoms with E-state index in [-0.39, 0.29) is 17.2 Å². The number of benzene rings is 1. The first-order chi connectivity index (χ1) is 8.52. The summed E-state index contributed by atoms with van der Waals surface area (Å²) in [6.07, 6.45) is 0.531. The Kier molecular flexibility index (Phi) is 2.92. The number of anilines is 1. The molecule has 0 saturated heterocycles. The minimum Gasteiger partial charge on any atom is -0.381 e. The standard InChI is InChI=1S/C10H10FN5O2/c1-2-9-10(12)13-14-15(9)7-3-6(11)4-8(5-7)16(17)18/h3-5H,2,12H2,1H3. The molecule has 0 aliphatic heterocycles. The quantitative estimate of drug-likeness (QED) is 0.657. The zero-order valence-corrected chi connectivity index (χ0v) is 9.50. The molecule has 0 radical (unpaired) electrons. The van der Waals surface area contributed by atoms with Gasteiger partial charge in [-0.25, -0.2) is 9.07 Å². The van der Waals surface area contributed by atoms with Crippen molar-refractivity contribution in [2.45, 2.75) is 13.3 Å². The molecule has 1 aromatic carbocycles. The molecule has 2 rings (SSSR count). The monoisotopic (exact) mass is 251 g/mol. The molecule has 0 saturated carbocycles. The molecule has 0 amide bonds. The van der Waals surface area contributed by atoms with E-state index in [1.54, 1.807) is 0 Å². The second kappa shape index (κ2) is 4.40. The maximum Gasteiger partial charge on any atom is 0.274 e. The van der Waals surface area contributed by atoms with E-state index in [2.05, 4.69) is 10.3 Å². The highest BCUT2D eigenvalue weighted by atomic mass is 19.1. The molecule has 7 nitrogen and oxygen atoms in total. The molecule has 2 aromatic rings. The highest BCUT2D eigenvalue weighted by molar-refractivity contribution is 5.46. The van der Waals surface area contributed by atoms with Crippen LogP contribution >= 0.6 is 0 Å². The molecular weight excluding hydrogens is 241 g/mol. The van der Waals surface area contributed by atoms with Crippen molar-refractivity contribution in [3.8, 4) is 5.69 Å². The van der Waals surface area contributed by atoms with Crippen molar-refractivity contribution in [1.29, 1.82) is 0 Å². The Labute approximate surface area is 101 Å². The Hall–Kier alpha value is -2.51. The van der Waals surface area contributed by atoms with E-state index in [1.807, 2.05) is 6.92 Å². The van der Waals surface area contributed by atoms with Crippen LogP contribution in [0.3, 0.4) is 0 Å². The van der Waals surface area contributed by atoms with Crippen molar-refractivity contribution in [2.24, 2.45) is 0 Å². The van der Waals surface area contributed by atoms with Crippen LogP contribution in [0.5, 0.6) is 0 Å². The molecular formula is C10H10FN5O2. The molecule has 1 aromatic heterocycles. The summed E-state index contributed by atoms with van der Waals surface area (Å²) in [5, 5.41) is 18.1. The number of nitro groups is 1. The van der Waals surface area contributed by atoms with E-state index in [9.17, 15) is 14.5 Å². The number of nitrogens with two attached hydrogens (primary N) is 1. The lowest BCUT2D eigenvalue weighted by molar-refractivity contribution is -0.385. The molecule has 0 bridgehead atoms. The van der Waals surface area contributed by atoms with Crippen molar-refractivity contribution < 1.29 is 9.31 Å². The number of rotatable bonds is 3. The Morgan fingerprint density at radius 3 is 2.83 bits per heavy atom. The van der Waals surface area contributed by atoms with Crippen LogP contribution in [0.4, 0.5) is 15.9 Å². The molecule has 18 heavy (non-hydrogen) atoms. The van der Waals surface area contributed by atoms with E-state index in [0.717, 1.165) is 12.1 Å². The Morgan fingerprint density at radius 1 is 1.50 bits per heavy atom. The van der Waals surface area contributed by atoms with Crippen molar-refractivity contribution >= 4 is 11.5 Å². The van der Waals surface area contributed by atoms with Crippen molar-refractivity contribution in [1.82, 2.24) is 15.0 Å². The highest BCUT2D eigenvalue weighted by Crippen LogP contribution is 2.21. The van der Waals surface area contributed by atoms with Gasteiger partial charge in [0.05, 0.1) is 22.4 Å². The van der Waals surface area contributed by atoms with E-state index in [1.165, 1.54) is 10.7 Å². The van der Waals surface area contributed by atoms with Gasteiger partial charge in [0.1, 0.15) is 5.82 Å². The van der Waals surface area contributed by atoms with Crippen LogP contribution in [0.15, 0.2) is 18.2 Å². The SMILES string of the molecule is CCc1c(N)nnn1-c1cc(F)cc([N+](=O)[O-])c1. The molecule has 8 heteroatoms. The molecule has 0 atom stereocenters. The van der Waals surface area contributed by atoms with Gasteiger partial charge in [-0.15, -0.1) is 5.10 Å². The van der Waals surface area contributed by atoms with Gasteiger partial charge in [-0.3, -0.25) is 10.1 Å². The number of aromatic nitrogens is 3. The fourth-order valence-corrected chi connectivity index (χ4v) is 1.64. The molecule has 0 fully saturated rings. The first-order valence-electron chi connectivity index (χ1n) is 5.18. The Morgan fingerprint density at radius 2 is 2.22 bits per heavy atom. The van der Waals surface area contributed by atoms with Gasteiger partial charge in [-0.1, -0.05) is 12.1 Å². The Bertz CT molecular complexity index is 610. The number of non-ortho nitro benzene ring substituents is 1. The van der Waals surface area contributed by atoms with Gasteiger partial charge in [-0.05, 0) is 6.42 Å². The third kappa shape index (κ3) is 1.99. The zero-order chi connectivity index (χ0) is 13.3. The number of nitro benzene ring substituents is 1. The molecule has 0 unspecified atom stereocenters. The summed E-state index contributed by atoms with van der Waals surface area (Å²) in [6, 6.07) is 3.20. The maximum atomic E-state index is 13.3. The largest absolute Gasteiger partial charge is 0.381 e. The van der Waals surface area contributed by atoms with Gasteiger partial charge in [0.15, 0.2) is 5.82 Å². The lowest BCUT2D eigenvalue weighted by Crippen LogP contribution is -2.04. The zero-order valence-electron chi connectivity index (χ0n) is 9.50. The van der Waals surface area contributed by atoms with Gasteiger partial charge in [0, 0.05) is 12.1 Å². The lowest BCUT2D eigenvalue weighted by Gasteiger charge is -2.05. The van der Waals surface area contributed by atoms with Gasteiger partial charge >= 0.3 is 0 Å². The minimum absolute atomic E-state index is 0.225. The molecule has 0 aliphatic carbocycles. The van der Waals surface area contributed by atoms with Gasteiger partial charge in [0.2, 0.25) is 0 Å². The van der Waals surface area contributed by atoms with Crippen LogP contribution in [-0.2, 0) is 6.42 Å². The van der Waals surface area contributed by atoms with E-state index < -0.39 is 10.7 Å². The molecule has 1 heterocycles. The van der Waals surface area contributed by atoms with Gasteiger partial charge < -0.3 is 5.73 Å². The number of nitrogens with zero attached hydrogens (tertiary/aromatic N) is 4. The third-order valence-electron chi connectivity index (χ3n) is 2.45. The van der Waals surface area contributed by atoms with Crippen molar-refractivity contribution in [2.75, 3.05) is 5.73 Å². The maximum absolute atomic E-state index is 13.3. The van der Waals surface area contributed by atoms with Gasteiger partial charge in [0.25, 0.3) is 5.69 Å². The fraction of sp³-hybridized carbons (Fsp3) is 0.200. The summed E-state index contributed by atoms with van der Waals surface area (Å²) in [4.78, 5) is 10.00. The number of hydrogen-bond donors (Lipinski definition) is 1. The predicted octanol–water partition coefficient (Wildman–Crippen LogP) is 1.46. The lowest BCUT2D eigenvalue weighted by atomic mass is 10.2. The van der Waals surface area contributed by atoms with E-state index in [4.69, 9.17) is 5.73 Å². The summed E-state index contributed by atoms with van der Waals surface area (Å²) in [5.41, 5.74) is 6.06. The average molecular weight is 251 g/mol. The Balaban J connectivity index is 2.60. The smallest absolute Gasteiger partial charge is 0.274 e. The van der Waals surface area contributed by atoms with Crippen molar-refractivity contribution in [3.63, 3.8) is 0 Å². The van der Waals surface area contributed by atoms with Crippen LogP contribution < -0.4 is 5.73 Å². The summed E-state index contributed by atoms with van der Waals surface area (Å²) >= 11 is 0. The number of hydrogen-bond acceptors (Lipinski definition) is 5. The molecule has 0 aliphatic rings. The summed E-state index contributed by atoms with van der Waals surface area (Å²) < 4.78 is 14.6. The topological polar surface area (TPSA) is 99.9 Å². The summed E-state index contributed by atoms with van der Waals surface area (Å²) in [7, 11) is 0. The third-order valence-corrected chi connectivity index (χ3v) is 2.45. The fourth-order valence-electron chi connectivity index (χ4n) is 1.64. The first-order valence-corrected chi connectivity index (χ1v) is 5.18. The van der Waals surface area contributed by atoms with Gasteiger partial charge in [-0.2, -0.15) is 0 Å². The second-order valence-electron chi connectivity index (χ2n) is 3.61. The van der Waals surface area contributed by atoms with Crippen molar-refractivity contribution in [3.05, 3.63) is 39.8 Å². The number of nitrogen functional groups attached to an aromatic ring is 1. The first kappa shape index (κ1) is 12.0. The average Bonchev–Trinajstić information content (AvgIpc) is 2.69. The molecule has 0 spiro atoms. The van der Waals surface area contributed by atoms with Crippen LogP contribution in [0.2, 0.25) is 0 Å². The van der Waals surface area contributed by atoms with E-state index >= 15 is 0 Å². The number of halogens is 1. The minimum atomic E-state index is -0.713. The van der Waals surface area contributed by atoms with Crippen LogP contribution in [0.1, 0.15) is 12.6 Å². The summed E-state index contributed by atoms with van der Waals surface area (Å²) in [5.74, 6) is -0.486. The van der Waals surface area contributed by atoms with Crippen LogP contribution in [-0.4, -0.2) is 19.9 Å². The van der Waals surface area contributed by atoms with Crippen LogP contribution in [0.25, 0.3) is 5.69 Å². The normalized spacial score (nSPS) is 10.6. The highest BCUT2D eigenvalue weighted by Gasteiger charge is 2.15. The summed E-state index contributed by atoms with van der Waals surface area (Å²) in [6.45, 7) is 1.83. The van der Waals surface area contributed by atoms with E-state index in [0.29, 0.717) is 12.1 Å².